The van der Waals surface area contributed by atoms with Gasteiger partial charge in [-0.15, -0.1) is 0 Å². The van der Waals surface area contributed by atoms with E-state index >= 15 is 0 Å². The Hall–Kier alpha value is -1.98. The number of nitrogens with zero attached hydrogens (tertiary/aromatic N) is 1. The Morgan fingerprint density at radius 1 is 1.42 bits per heavy atom. The maximum absolute atomic E-state index is 12.4. The van der Waals surface area contributed by atoms with Crippen LogP contribution in [0.1, 0.15) is 31.7 Å². The molecule has 1 N–H and O–H groups in total. The van der Waals surface area contributed by atoms with Crippen LogP contribution in [0.15, 0.2) is 30.5 Å². The first-order valence-corrected chi connectivity index (χ1v) is 8.53. The number of carbonyl (C=O) groups excluding carboxylic acids is 1. The average Bonchev–Trinajstić information content (AvgIpc) is 2.63. The first-order valence-electron chi connectivity index (χ1n) is 8.53. The molecular weight excluding hydrogens is 304 g/mol. The molecule has 1 amide bonds. The first kappa shape index (κ1) is 16.9. The van der Waals surface area contributed by atoms with Gasteiger partial charge in [0.25, 0.3) is 5.91 Å². The molecule has 5 nitrogen and oxygen atoms in total. The van der Waals surface area contributed by atoms with Crippen LogP contribution in [-0.2, 0) is 14.3 Å². The zero-order valence-corrected chi connectivity index (χ0v) is 14.2. The highest BCUT2D eigenvalue weighted by molar-refractivity contribution is 6.03. The average molecular weight is 328 g/mol. The Kier molecular flexibility index (Phi) is 5.43. The van der Waals surface area contributed by atoms with Gasteiger partial charge in [0.05, 0.1) is 23.9 Å². The maximum Gasteiger partial charge on any atom is 0.253 e. The van der Waals surface area contributed by atoms with E-state index in [0.717, 1.165) is 48.0 Å². The van der Waals surface area contributed by atoms with Crippen molar-refractivity contribution < 1.29 is 14.3 Å². The number of anilines is 1. The number of hydrogen-bond acceptors (Lipinski definition) is 4. The first-order chi connectivity index (χ1) is 11.6. The monoisotopic (exact) mass is 328 g/mol. The minimum absolute atomic E-state index is 0.110. The van der Waals surface area contributed by atoms with E-state index in [2.05, 4.69) is 10.3 Å². The van der Waals surface area contributed by atoms with Crippen molar-refractivity contribution >= 4 is 22.5 Å². The van der Waals surface area contributed by atoms with Gasteiger partial charge in [-0.05, 0) is 56.9 Å². The molecule has 3 rings (SSSR count). The number of hydrogen-bond donors (Lipinski definition) is 1. The van der Waals surface area contributed by atoms with Crippen LogP contribution in [0.4, 0.5) is 5.69 Å². The van der Waals surface area contributed by atoms with E-state index in [-0.39, 0.29) is 12.0 Å². The molecule has 1 fully saturated rings. The van der Waals surface area contributed by atoms with E-state index in [9.17, 15) is 4.79 Å². The van der Waals surface area contributed by atoms with Crippen LogP contribution < -0.4 is 5.32 Å². The molecule has 0 bridgehead atoms. The van der Waals surface area contributed by atoms with Crippen molar-refractivity contribution in [3.05, 3.63) is 36.0 Å². The van der Waals surface area contributed by atoms with Crippen LogP contribution in [0.2, 0.25) is 0 Å². The maximum atomic E-state index is 12.4. The fourth-order valence-electron chi connectivity index (χ4n) is 2.92. The van der Waals surface area contributed by atoms with Crippen LogP contribution in [0.5, 0.6) is 0 Å². The lowest BCUT2D eigenvalue weighted by Gasteiger charge is -2.24. The van der Waals surface area contributed by atoms with Crippen molar-refractivity contribution in [3.63, 3.8) is 0 Å². The van der Waals surface area contributed by atoms with Gasteiger partial charge in [0.1, 0.15) is 6.10 Å². The minimum atomic E-state index is -0.524. The van der Waals surface area contributed by atoms with E-state index in [1.165, 1.54) is 0 Å². The normalized spacial score (nSPS) is 19.2. The number of aromatic nitrogens is 1. The number of carbonyl (C=O) groups is 1. The van der Waals surface area contributed by atoms with Gasteiger partial charge >= 0.3 is 0 Å². The van der Waals surface area contributed by atoms with Crippen LogP contribution >= 0.6 is 0 Å². The zero-order valence-electron chi connectivity index (χ0n) is 14.2. The summed E-state index contributed by atoms with van der Waals surface area (Å²) in [7, 11) is 0. The number of amides is 1. The molecule has 2 heterocycles. The molecule has 1 aliphatic rings. The summed E-state index contributed by atoms with van der Waals surface area (Å²) in [6, 6.07) is 7.71. The lowest BCUT2D eigenvalue weighted by atomic mass is 10.1. The van der Waals surface area contributed by atoms with E-state index in [1.54, 1.807) is 13.1 Å². The highest BCUT2D eigenvalue weighted by Crippen LogP contribution is 2.24. The zero-order chi connectivity index (χ0) is 16.9. The molecule has 0 unspecified atom stereocenters. The van der Waals surface area contributed by atoms with Gasteiger partial charge in [-0.25, -0.2) is 0 Å². The van der Waals surface area contributed by atoms with Gasteiger partial charge < -0.3 is 14.8 Å². The van der Waals surface area contributed by atoms with Crippen molar-refractivity contribution in [2.75, 3.05) is 18.5 Å². The van der Waals surface area contributed by atoms with Crippen LogP contribution in [-0.4, -0.2) is 36.3 Å². The van der Waals surface area contributed by atoms with E-state index < -0.39 is 6.10 Å². The second-order valence-corrected chi connectivity index (χ2v) is 6.28. The minimum Gasteiger partial charge on any atom is -0.376 e. The van der Waals surface area contributed by atoms with Gasteiger partial charge in [0.2, 0.25) is 0 Å². The Bertz CT molecular complexity index is 711. The molecule has 1 aliphatic heterocycles. The largest absolute Gasteiger partial charge is 0.376 e. The molecule has 0 spiro atoms. The fourth-order valence-corrected chi connectivity index (χ4v) is 2.92. The predicted octanol–water partition coefficient (Wildman–Crippen LogP) is 3.46. The van der Waals surface area contributed by atoms with Gasteiger partial charge in [-0.1, -0.05) is 6.07 Å². The molecule has 0 saturated carbocycles. The number of aryl methyl sites for hydroxylation is 1. The predicted molar refractivity (Wildman–Crippen MR) is 94.1 cm³/mol. The number of benzene rings is 1. The number of ether oxygens (including phenoxy) is 2. The summed E-state index contributed by atoms with van der Waals surface area (Å²) >= 11 is 0. The molecule has 0 aliphatic carbocycles. The molecule has 1 aromatic heterocycles. The Labute approximate surface area is 142 Å². The number of nitrogens with one attached hydrogen (secondary N) is 1. The Morgan fingerprint density at radius 2 is 2.29 bits per heavy atom. The summed E-state index contributed by atoms with van der Waals surface area (Å²) in [5.41, 5.74) is 2.75. The van der Waals surface area contributed by atoms with Gasteiger partial charge in [-0.3, -0.25) is 9.78 Å². The Balaban J connectivity index is 1.63. The van der Waals surface area contributed by atoms with Crippen molar-refractivity contribution in [1.29, 1.82) is 0 Å². The summed E-state index contributed by atoms with van der Waals surface area (Å²) in [5, 5.41) is 3.89. The number of rotatable bonds is 5. The second-order valence-electron chi connectivity index (χ2n) is 6.28. The highest BCUT2D eigenvalue weighted by atomic mass is 16.5. The molecule has 24 heavy (non-hydrogen) atoms. The third-order valence-electron chi connectivity index (χ3n) is 4.40. The van der Waals surface area contributed by atoms with Crippen molar-refractivity contribution in [2.24, 2.45) is 0 Å². The number of pyridine rings is 1. The van der Waals surface area contributed by atoms with E-state index in [1.807, 2.05) is 31.2 Å². The van der Waals surface area contributed by atoms with Gasteiger partial charge in [-0.2, -0.15) is 0 Å². The summed E-state index contributed by atoms with van der Waals surface area (Å²) < 4.78 is 11.3. The molecule has 1 aromatic carbocycles. The summed E-state index contributed by atoms with van der Waals surface area (Å²) in [4.78, 5) is 16.8. The third kappa shape index (κ3) is 3.91. The van der Waals surface area contributed by atoms with Gasteiger partial charge in [0.15, 0.2) is 0 Å². The molecule has 0 radical (unpaired) electrons. The second kappa shape index (κ2) is 7.73. The third-order valence-corrected chi connectivity index (χ3v) is 4.40. The lowest BCUT2D eigenvalue weighted by Crippen LogP contribution is -2.32. The molecule has 2 atom stereocenters. The van der Waals surface area contributed by atoms with Crippen LogP contribution in [0, 0.1) is 6.92 Å². The number of fused-ring (bicyclic) bond motifs is 1. The Morgan fingerprint density at radius 3 is 3.08 bits per heavy atom. The fraction of sp³-hybridized carbons (Fsp3) is 0.474. The van der Waals surface area contributed by atoms with Crippen LogP contribution in [0.25, 0.3) is 10.9 Å². The molecule has 1 saturated heterocycles. The SMILES string of the molecule is Cc1ccc(NC(=O)[C@@H](C)OC[C@H]2CCCCO2)c2cccnc12. The molecular formula is C19H24N2O3. The molecule has 128 valence electrons. The van der Waals surface area contributed by atoms with E-state index in [4.69, 9.17) is 9.47 Å². The summed E-state index contributed by atoms with van der Waals surface area (Å²) in [6.45, 7) is 5.03. The molecule has 5 heteroatoms. The van der Waals surface area contributed by atoms with Gasteiger partial charge in [0, 0.05) is 18.2 Å². The van der Waals surface area contributed by atoms with Crippen molar-refractivity contribution in [1.82, 2.24) is 4.98 Å². The standard InChI is InChI=1S/C19H24N2O3/c1-13-8-9-17(16-7-5-10-20-18(13)16)21-19(22)14(2)24-12-15-6-3-4-11-23-15/h5,7-10,14-15H,3-4,6,11-12H2,1-2H3,(H,21,22)/t14-,15-/m1/s1. The smallest absolute Gasteiger partial charge is 0.253 e. The summed E-state index contributed by atoms with van der Waals surface area (Å²) in [6.07, 6.45) is 4.62. The lowest BCUT2D eigenvalue weighted by molar-refractivity contribution is -0.130. The highest BCUT2D eigenvalue weighted by Gasteiger charge is 2.19. The summed E-state index contributed by atoms with van der Waals surface area (Å²) in [5.74, 6) is -0.153. The van der Waals surface area contributed by atoms with Crippen LogP contribution in [0.3, 0.4) is 0 Å². The quantitative estimate of drug-likeness (QED) is 0.913. The van der Waals surface area contributed by atoms with Crippen molar-refractivity contribution in [3.8, 4) is 0 Å². The van der Waals surface area contributed by atoms with E-state index in [0.29, 0.717) is 6.61 Å². The topological polar surface area (TPSA) is 60.5 Å². The molecule has 2 aromatic rings. The van der Waals surface area contributed by atoms with Crippen molar-refractivity contribution in [2.45, 2.75) is 45.3 Å².